The van der Waals surface area contributed by atoms with E-state index in [4.69, 9.17) is 5.73 Å². The fourth-order valence-corrected chi connectivity index (χ4v) is 2.95. The van der Waals surface area contributed by atoms with Crippen molar-refractivity contribution < 1.29 is 4.39 Å². The van der Waals surface area contributed by atoms with Crippen LogP contribution in [0.4, 0.5) is 10.1 Å². The number of aromatic nitrogens is 4. The molecule has 0 saturated carbocycles. The summed E-state index contributed by atoms with van der Waals surface area (Å²) in [5.74, 6) is -0.341. The Hall–Kier alpha value is -2.76. The summed E-state index contributed by atoms with van der Waals surface area (Å²) >= 11 is 0. The van der Waals surface area contributed by atoms with Crippen molar-refractivity contribution in [2.24, 2.45) is 0 Å². The third-order valence-corrected chi connectivity index (χ3v) is 4.05. The minimum Gasteiger partial charge on any atom is -0.398 e. The zero-order valence-corrected chi connectivity index (χ0v) is 11.8. The summed E-state index contributed by atoms with van der Waals surface area (Å²) in [6, 6.07) is 8.36. The highest BCUT2D eigenvalue weighted by atomic mass is 19.1. The van der Waals surface area contributed by atoms with E-state index in [2.05, 4.69) is 21.4 Å². The number of fused-ring (bicyclic) bond motifs is 1. The van der Waals surface area contributed by atoms with Crippen molar-refractivity contribution >= 4 is 5.69 Å². The number of hydrogen-bond acceptors (Lipinski definition) is 4. The van der Waals surface area contributed by atoms with Gasteiger partial charge in [0.15, 0.2) is 0 Å². The zero-order chi connectivity index (χ0) is 15.1. The quantitative estimate of drug-likeness (QED) is 0.738. The number of nitrogen functional groups attached to an aromatic ring is 1. The van der Waals surface area contributed by atoms with E-state index in [1.165, 1.54) is 23.8 Å². The molecule has 1 aliphatic rings. The molecule has 22 heavy (non-hydrogen) atoms. The maximum Gasteiger partial charge on any atom is 0.124 e. The van der Waals surface area contributed by atoms with Crippen LogP contribution in [0.15, 0.2) is 42.7 Å². The van der Waals surface area contributed by atoms with Gasteiger partial charge in [0, 0.05) is 17.4 Å². The number of nitrogens with two attached hydrogens (primary N) is 1. The second-order valence-corrected chi connectivity index (χ2v) is 5.42. The van der Waals surface area contributed by atoms with E-state index in [9.17, 15) is 4.39 Å². The number of benzene rings is 1. The molecule has 110 valence electrons. The highest BCUT2D eigenvalue weighted by Gasteiger charge is 2.26. The van der Waals surface area contributed by atoms with Crippen molar-refractivity contribution in [2.75, 3.05) is 5.73 Å². The number of rotatable bonds is 2. The third kappa shape index (κ3) is 2.04. The first-order valence-electron chi connectivity index (χ1n) is 7.13. The molecule has 6 heteroatoms. The molecule has 1 unspecified atom stereocenters. The standard InChI is InChI=1S/C16H14FN5/c17-11-4-5-13(18)12(8-11)14-9-22(21-20-14)15-6-3-10-2-1-7-19-16(10)15/h1-2,4-5,7-9,15H,3,6,18H2. The smallest absolute Gasteiger partial charge is 0.124 e. The lowest BCUT2D eigenvalue weighted by Gasteiger charge is -2.09. The molecule has 0 aliphatic heterocycles. The van der Waals surface area contributed by atoms with Crippen LogP contribution in [0.2, 0.25) is 0 Å². The molecule has 0 amide bonds. The van der Waals surface area contributed by atoms with E-state index in [0.29, 0.717) is 16.9 Å². The van der Waals surface area contributed by atoms with Crippen LogP contribution in [0.5, 0.6) is 0 Å². The molecule has 3 aromatic rings. The predicted octanol–water partition coefficient (Wildman–Crippen LogP) is 2.60. The Labute approximate surface area is 126 Å². The van der Waals surface area contributed by atoms with E-state index in [-0.39, 0.29) is 11.9 Å². The van der Waals surface area contributed by atoms with Crippen molar-refractivity contribution in [3.63, 3.8) is 0 Å². The van der Waals surface area contributed by atoms with Gasteiger partial charge in [0.05, 0.1) is 17.9 Å². The second-order valence-electron chi connectivity index (χ2n) is 5.42. The molecule has 0 radical (unpaired) electrons. The number of hydrogen-bond donors (Lipinski definition) is 1. The van der Waals surface area contributed by atoms with Gasteiger partial charge in [0.2, 0.25) is 0 Å². The minimum atomic E-state index is -0.341. The van der Waals surface area contributed by atoms with Crippen LogP contribution in [-0.4, -0.2) is 20.0 Å². The molecule has 2 aromatic heterocycles. The first-order chi connectivity index (χ1) is 10.7. The first kappa shape index (κ1) is 12.9. The average molecular weight is 295 g/mol. The average Bonchev–Trinajstić information content (AvgIpc) is 3.16. The Bertz CT molecular complexity index is 842. The SMILES string of the molecule is Nc1ccc(F)cc1-c1cn(C2CCc3cccnc32)nn1. The molecule has 4 rings (SSSR count). The number of halogens is 1. The van der Waals surface area contributed by atoms with Crippen LogP contribution in [0, 0.1) is 5.82 Å². The number of pyridine rings is 1. The Morgan fingerprint density at radius 3 is 3.09 bits per heavy atom. The minimum absolute atomic E-state index is 0.0761. The molecule has 1 aromatic carbocycles. The summed E-state index contributed by atoms with van der Waals surface area (Å²) < 4.78 is 15.2. The second kappa shape index (κ2) is 4.91. The summed E-state index contributed by atoms with van der Waals surface area (Å²) in [5.41, 5.74) is 9.80. The monoisotopic (exact) mass is 295 g/mol. The van der Waals surface area contributed by atoms with Gasteiger partial charge in [-0.05, 0) is 42.7 Å². The van der Waals surface area contributed by atoms with Crippen LogP contribution in [0.25, 0.3) is 11.3 Å². The molecular formula is C16H14FN5. The van der Waals surface area contributed by atoms with Crippen LogP contribution >= 0.6 is 0 Å². The molecule has 0 fully saturated rings. The van der Waals surface area contributed by atoms with E-state index >= 15 is 0 Å². The zero-order valence-electron chi connectivity index (χ0n) is 11.8. The Morgan fingerprint density at radius 2 is 2.18 bits per heavy atom. The topological polar surface area (TPSA) is 69.6 Å². The molecule has 5 nitrogen and oxygen atoms in total. The summed E-state index contributed by atoms with van der Waals surface area (Å²) in [6.45, 7) is 0. The van der Waals surface area contributed by atoms with Gasteiger partial charge < -0.3 is 5.73 Å². The van der Waals surface area contributed by atoms with Crippen molar-refractivity contribution in [3.8, 4) is 11.3 Å². The van der Waals surface area contributed by atoms with Gasteiger partial charge >= 0.3 is 0 Å². The number of nitrogens with zero attached hydrogens (tertiary/aromatic N) is 4. The fourth-order valence-electron chi connectivity index (χ4n) is 2.95. The van der Waals surface area contributed by atoms with Crippen LogP contribution in [-0.2, 0) is 6.42 Å². The maximum atomic E-state index is 13.4. The third-order valence-electron chi connectivity index (χ3n) is 4.05. The van der Waals surface area contributed by atoms with E-state index in [1.807, 2.05) is 6.07 Å². The van der Waals surface area contributed by atoms with Gasteiger partial charge in [-0.25, -0.2) is 9.07 Å². The Kier molecular flexibility index (Phi) is 2.89. The van der Waals surface area contributed by atoms with Gasteiger partial charge in [0.25, 0.3) is 0 Å². The van der Waals surface area contributed by atoms with Crippen molar-refractivity contribution in [3.05, 3.63) is 59.8 Å². The lowest BCUT2D eigenvalue weighted by molar-refractivity contribution is 0.495. The largest absolute Gasteiger partial charge is 0.398 e. The lowest BCUT2D eigenvalue weighted by Crippen LogP contribution is -2.09. The molecular weight excluding hydrogens is 281 g/mol. The highest BCUT2D eigenvalue weighted by molar-refractivity contribution is 5.72. The van der Waals surface area contributed by atoms with Gasteiger partial charge in [0.1, 0.15) is 11.5 Å². The molecule has 2 heterocycles. The van der Waals surface area contributed by atoms with E-state index in [0.717, 1.165) is 18.5 Å². The number of anilines is 1. The number of aryl methyl sites for hydroxylation is 1. The van der Waals surface area contributed by atoms with Crippen molar-refractivity contribution in [1.29, 1.82) is 0 Å². The van der Waals surface area contributed by atoms with Crippen LogP contribution < -0.4 is 5.73 Å². The normalized spacial score (nSPS) is 16.7. The van der Waals surface area contributed by atoms with Gasteiger partial charge in [-0.3, -0.25) is 4.98 Å². The van der Waals surface area contributed by atoms with Crippen LogP contribution in [0.1, 0.15) is 23.7 Å². The summed E-state index contributed by atoms with van der Waals surface area (Å²) in [6.07, 6.45) is 5.51. The Morgan fingerprint density at radius 1 is 1.27 bits per heavy atom. The molecule has 0 saturated heterocycles. The Balaban J connectivity index is 1.72. The van der Waals surface area contributed by atoms with Crippen LogP contribution in [0.3, 0.4) is 0 Å². The highest BCUT2D eigenvalue weighted by Crippen LogP contribution is 2.33. The van der Waals surface area contributed by atoms with Crippen molar-refractivity contribution in [1.82, 2.24) is 20.0 Å². The maximum absolute atomic E-state index is 13.4. The van der Waals surface area contributed by atoms with Gasteiger partial charge in [-0.15, -0.1) is 5.10 Å². The van der Waals surface area contributed by atoms with E-state index < -0.39 is 0 Å². The summed E-state index contributed by atoms with van der Waals surface area (Å²) in [5, 5.41) is 8.34. The van der Waals surface area contributed by atoms with Crippen molar-refractivity contribution in [2.45, 2.75) is 18.9 Å². The lowest BCUT2D eigenvalue weighted by atomic mass is 10.1. The van der Waals surface area contributed by atoms with Gasteiger partial charge in [-0.2, -0.15) is 0 Å². The van der Waals surface area contributed by atoms with Gasteiger partial charge in [-0.1, -0.05) is 11.3 Å². The predicted molar refractivity (Wildman–Crippen MR) is 80.5 cm³/mol. The summed E-state index contributed by atoms with van der Waals surface area (Å²) in [7, 11) is 0. The molecule has 1 atom stereocenters. The van der Waals surface area contributed by atoms with E-state index in [1.54, 1.807) is 17.1 Å². The fraction of sp³-hybridized carbons (Fsp3) is 0.188. The first-order valence-corrected chi connectivity index (χ1v) is 7.13. The molecule has 1 aliphatic carbocycles. The molecule has 2 N–H and O–H groups in total. The summed E-state index contributed by atoms with van der Waals surface area (Å²) in [4.78, 5) is 4.46. The molecule has 0 spiro atoms. The molecule has 0 bridgehead atoms.